The van der Waals surface area contributed by atoms with Gasteiger partial charge in [-0.05, 0) is 194 Å². The fraction of sp³-hybridized carbons (Fsp3) is 0.303. The number of aryl methyl sites for hydroxylation is 2. The van der Waals surface area contributed by atoms with E-state index in [1.54, 1.807) is 78.2 Å². The molecule has 84 heavy (non-hydrogen) atoms. The topological polar surface area (TPSA) is 165 Å². The first-order valence-corrected chi connectivity index (χ1v) is 28.5. The monoisotopic (exact) mass is 1210 g/mol. The Bertz CT molecular complexity index is 3420. The molecule has 4 N–H and O–H groups in total. The number of nitrogens with one attached hydrogen (secondary N) is 2. The van der Waals surface area contributed by atoms with E-state index in [-0.39, 0.29) is 58.3 Å². The number of aliphatic hydroxyl groups is 2. The quantitative estimate of drug-likeness (QED) is 0.0385. The summed E-state index contributed by atoms with van der Waals surface area (Å²) in [6, 6.07) is 26.2. The van der Waals surface area contributed by atoms with E-state index in [1.165, 1.54) is 42.7 Å². The number of hydrogen-bond donors (Lipinski definition) is 4. The number of benzene rings is 5. The largest absolute Gasteiger partial charge is 0.385 e. The van der Waals surface area contributed by atoms with E-state index in [0.29, 0.717) is 58.5 Å². The highest BCUT2D eigenvalue weighted by atomic mass is 79.9. The Morgan fingerprint density at radius 3 is 1.29 bits per heavy atom. The Balaban J connectivity index is 0.000000275. The molecule has 4 amide bonds. The number of aromatic nitrogens is 2. The van der Waals surface area contributed by atoms with Crippen LogP contribution in [-0.2, 0) is 12.8 Å². The van der Waals surface area contributed by atoms with Crippen molar-refractivity contribution in [2.24, 2.45) is 0 Å². The standard InChI is InChI=1S/C37H36F3N3O3.C29H32BrF2N3O3/c1-4-13-43(14-5-2)37(46)29-16-24(3)15-28(21-29)36(45)42-34(20-27-18-31(39)22-32(40)19-27)35(44)33-12-11-26(23-41-33)10-9-25-7-6-8-30(38)17-25;1-4-8-35(9-5-2)29(38)21-11-18(3)10-20(15-21)28(37)34-26(14-19-12-23(31)16-24(32)13-19)27(36)25-7-6-22(30)17-33-25/h6-8,11-12,15-19,21-23,34-35,44H,4-5,13-14,20H2,1-3H3,(H,42,45);6-7,10-13,15-17,26-27,36H,4-5,8-9,14H2,1-3H3,(H,34,37)/t34-,35?;26-,27?/m00/s1. The van der Waals surface area contributed by atoms with Gasteiger partial charge in [-0.2, -0.15) is 0 Å². The molecule has 0 spiro atoms. The van der Waals surface area contributed by atoms with Gasteiger partial charge in [-0.25, -0.2) is 22.0 Å². The van der Waals surface area contributed by atoms with Crippen molar-refractivity contribution in [3.8, 4) is 11.8 Å². The van der Waals surface area contributed by atoms with Gasteiger partial charge in [0, 0.05) is 88.6 Å². The maximum absolute atomic E-state index is 14.1. The molecule has 0 aliphatic carbocycles. The van der Waals surface area contributed by atoms with E-state index in [9.17, 15) is 51.3 Å². The summed E-state index contributed by atoms with van der Waals surface area (Å²) in [5.74, 6) is 0.793. The second-order valence-electron chi connectivity index (χ2n) is 20.4. The third-order valence-electron chi connectivity index (χ3n) is 13.2. The van der Waals surface area contributed by atoms with Crippen molar-refractivity contribution in [1.82, 2.24) is 30.4 Å². The average molecular weight is 1220 g/mol. The maximum atomic E-state index is 14.1. The number of pyridine rings is 2. The van der Waals surface area contributed by atoms with Crippen molar-refractivity contribution in [2.45, 2.75) is 104 Å². The maximum Gasteiger partial charge on any atom is 0.253 e. The van der Waals surface area contributed by atoms with Crippen LogP contribution in [0.25, 0.3) is 0 Å². The number of nitrogens with zero attached hydrogens (tertiary/aromatic N) is 4. The summed E-state index contributed by atoms with van der Waals surface area (Å²) in [4.78, 5) is 65.5. The number of amides is 4. The van der Waals surface area contributed by atoms with Gasteiger partial charge >= 0.3 is 0 Å². The van der Waals surface area contributed by atoms with E-state index < -0.39 is 65.2 Å². The zero-order valence-corrected chi connectivity index (χ0v) is 49.3. The third kappa shape index (κ3) is 19.2. The second-order valence-corrected chi connectivity index (χ2v) is 21.3. The predicted molar refractivity (Wildman–Crippen MR) is 316 cm³/mol. The lowest BCUT2D eigenvalue weighted by Gasteiger charge is -2.25. The van der Waals surface area contributed by atoms with Crippen LogP contribution in [-0.4, -0.2) is 91.9 Å². The van der Waals surface area contributed by atoms with Crippen LogP contribution in [0, 0.1) is 54.8 Å². The minimum Gasteiger partial charge on any atom is -0.385 e. The van der Waals surface area contributed by atoms with E-state index in [4.69, 9.17) is 0 Å². The van der Waals surface area contributed by atoms with Crippen molar-refractivity contribution >= 4 is 39.6 Å². The minimum atomic E-state index is -1.38. The fourth-order valence-electron chi connectivity index (χ4n) is 9.44. The lowest BCUT2D eigenvalue weighted by Crippen LogP contribution is -2.41. The molecular weight excluding hydrogens is 1150 g/mol. The Morgan fingerprint density at radius 2 is 0.905 bits per heavy atom. The van der Waals surface area contributed by atoms with Gasteiger partial charge < -0.3 is 30.6 Å². The number of halogens is 6. The highest BCUT2D eigenvalue weighted by molar-refractivity contribution is 9.10. The van der Waals surface area contributed by atoms with E-state index >= 15 is 0 Å². The summed E-state index contributed by atoms with van der Waals surface area (Å²) in [5.41, 5.74) is 4.58. The van der Waals surface area contributed by atoms with Gasteiger partial charge in [0.1, 0.15) is 41.3 Å². The molecule has 0 aliphatic heterocycles. The van der Waals surface area contributed by atoms with Gasteiger partial charge in [0.15, 0.2) is 0 Å². The van der Waals surface area contributed by atoms with Crippen LogP contribution in [0.3, 0.4) is 0 Å². The van der Waals surface area contributed by atoms with Crippen molar-refractivity contribution < 1.29 is 51.3 Å². The van der Waals surface area contributed by atoms with Crippen LogP contribution in [0.2, 0.25) is 0 Å². The number of aliphatic hydroxyl groups excluding tert-OH is 2. The molecule has 0 aliphatic rings. The van der Waals surface area contributed by atoms with Crippen molar-refractivity contribution in [3.63, 3.8) is 0 Å². The molecule has 440 valence electrons. The average Bonchev–Trinajstić information content (AvgIpc) is 3.45. The smallest absolute Gasteiger partial charge is 0.253 e. The van der Waals surface area contributed by atoms with Crippen molar-refractivity contribution in [2.75, 3.05) is 26.2 Å². The second kappa shape index (κ2) is 31.5. The number of carbonyl (C=O) groups excluding carboxylic acids is 4. The fourth-order valence-corrected chi connectivity index (χ4v) is 9.68. The third-order valence-corrected chi connectivity index (χ3v) is 13.7. The molecule has 0 saturated carbocycles. The summed E-state index contributed by atoms with van der Waals surface area (Å²) in [7, 11) is 0. The van der Waals surface area contributed by atoms with E-state index in [0.717, 1.165) is 67.6 Å². The van der Waals surface area contributed by atoms with Crippen molar-refractivity contribution in [3.05, 3.63) is 234 Å². The lowest BCUT2D eigenvalue weighted by molar-refractivity contribution is 0.0747. The van der Waals surface area contributed by atoms with Crippen LogP contribution in [0.5, 0.6) is 0 Å². The number of carbonyl (C=O) groups is 4. The molecule has 2 aromatic heterocycles. The summed E-state index contributed by atoms with van der Waals surface area (Å²) >= 11 is 3.30. The number of hydrogen-bond acceptors (Lipinski definition) is 8. The van der Waals surface area contributed by atoms with Crippen molar-refractivity contribution in [1.29, 1.82) is 0 Å². The summed E-state index contributed by atoms with van der Waals surface area (Å²) in [5, 5.41) is 28.1. The molecular formula is C66H68BrF5N6O6. The SMILES string of the molecule is CCCN(CCC)C(=O)c1cc(C)cc(C(=O)N[C@@H](Cc2cc(F)cc(F)c2)C(O)c2ccc(Br)cn2)c1.CCCN(CCC)C(=O)c1cc(C)cc(C(=O)N[C@@H](Cc2cc(F)cc(F)c2)C(O)c2ccc(C#Cc3cccc(F)c3)cn2)c1. The molecule has 0 saturated heterocycles. The molecule has 0 radical (unpaired) electrons. The van der Waals surface area contributed by atoms with Crippen LogP contribution in [0.4, 0.5) is 22.0 Å². The van der Waals surface area contributed by atoms with Gasteiger partial charge in [-0.1, -0.05) is 45.6 Å². The van der Waals surface area contributed by atoms with Crippen LogP contribution >= 0.6 is 15.9 Å². The van der Waals surface area contributed by atoms with Crippen LogP contribution in [0.1, 0.15) is 152 Å². The number of rotatable bonds is 22. The Kier molecular flexibility index (Phi) is 24.4. The normalized spacial score (nSPS) is 12.3. The zero-order valence-electron chi connectivity index (χ0n) is 47.7. The highest BCUT2D eigenvalue weighted by Gasteiger charge is 2.29. The lowest BCUT2D eigenvalue weighted by atomic mass is 9.97. The molecule has 7 rings (SSSR count). The first kappa shape index (κ1) is 65.0. The minimum absolute atomic E-state index is 0.0578. The summed E-state index contributed by atoms with van der Waals surface area (Å²) in [6.07, 6.45) is 3.33. The summed E-state index contributed by atoms with van der Waals surface area (Å²) in [6.45, 7) is 14.0. The van der Waals surface area contributed by atoms with E-state index in [1.807, 2.05) is 27.7 Å². The Morgan fingerprint density at radius 1 is 0.500 bits per heavy atom. The molecule has 5 aromatic carbocycles. The molecule has 12 nitrogen and oxygen atoms in total. The zero-order chi connectivity index (χ0) is 61.0. The Labute approximate surface area is 495 Å². The molecule has 2 unspecified atom stereocenters. The molecule has 7 aromatic rings. The first-order chi connectivity index (χ1) is 40.2. The molecule has 18 heteroatoms. The summed E-state index contributed by atoms with van der Waals surface area (Å²) < 4.78 is 70.0. The van der Waals surface area contributed by atoms with E-state index in [2.05, 4.69) is 48.4 Å². The van der Waals surface area contributed by atoms with Gasteiger partial charge in [-0.3, -0.25) is 29.1 Å². The Hall–Kier alpha value is -8.11. The first-order valence-electron chi connectivity index (χ1n) is 27.7. The van der Waals surface area contributed by atoms with Gasteiger partial charge in [0.2, 0.25) is 0 Å². The molecule has 0 bridgehead atoms. The molecule has 0 fully saturated rings. The van der Waals surface area contributed by atoms with Crippen LogP contribution in [0.15, 0.2) is 138 Å². The van der Waals surface area contributed by atoms with Gasteiger partial charge in [0.25, 0.3) is 23.6 Å². The van der Waals surface area contributed by atoms with Gasteiger partial charge in [0.05, 0.1) is 23.5 Å². The van der Waals surface area contributed by atoms with Crippen LogP contribution < -0.4 is 10.6 Å². The predicted octanol–water partition coefficient (Wildman–Crippen LogP) is 12.3. The van der Waals surface area contributed by atoms with Gasteiger partial charge in [-0.15, -0.1) is 0 Å². The highest BCUT2D eigenvalue weighted by Crippen LogP contribution is 2.25. The molecule has 2 heterocycles. The molecule has 4 atom stereocenters.